The zero-order valence-corrected chi connectivity index (χ0v) is 15.3. The molecule has 0 amide bonds. The Kier molecular flexibility index (Phi) is 5.96. The molecular formula is C20H19NO4S. The summed E-state index contributed by atoms with van der Waals surface area (Å²) >= 11 is 1.50. The van der Waals surface area contributed by atoms with Gasteiger partial charge in [-0.15, -0.1) is 11.3 Å². The van der Waals surface area contributed by atoms with Gasteiger partial charge in [0, 0.05) is 12.0 Å². The molecular weight excluding hydrogens is 350 g/mol. The van der Waals surface area contributed by atoms with Crippen LogP contribution in [0.2, 0.25) is 0 Å². The van der Waals surface area contributed by atoms with Crippen molar-refractivity contribution in [2.45, 2.75) is 26.4 Å². The summed E-state index contributed by atoms with van der Waals surface area (Å²) in [6.45, 7) is 2.61. The molecule has 1 aromatic heterocycles. The lowest BCUT2D eigenvalue weighted by Crippen LogP contribution is -2.08. The molecule has 1 heterocycles. The van der Waals surface area contributed by atoms with Crippen LogP contribution in [-0.2, 0) is 16.1 Å². The predicted molar refractivity (Wildman–Crippen MR) is 101 cm³/mol. The van der Waals surface area contributed by atoms with Crippen molar-refractivity contribution in [3.63, 3.8) is 0 Å². The molecule has 134 valence electrons. The summed E-state index contributed by atoms with van der Waals surface area (Å²) in [5, 5.41) is 0.748. The molecule has 0 radical (unpaired) electrons. The summed E-state index contributed by atoms with van der Waals surface area (Å²) in [7, 11) is 0. The topological polar surface area (TPSA) is 65.5 Å². The van der Waals surface area contributed by atoms with Gasteiger partial charge < -0.3 is 9.47 Å². The first-order chi connectivity index (χ1) is 12.7. The number of hydrogen-bond donors (Lipinski definition) is 0. The van der Waals surface area contributed by atoms with E-state index in [2.05, 4.69) is 4.98 Å². The number of ketones is 1. The van der Waals surface area contributed by atoms with Crippen LogP contribution in [0.5, 0.6) is 5.75 Å². The molecule has 0 fully saturated rings. The number of esters is 1. The predicted octanol–water partition coefficient (Wildman–Crippen LogP) is 4.40. The molecule has 2 aromatic carbocycles. The molecule has 3 rings (SSSR count). The van der Waals surface area contributed by atoms with Crippen LogP contribution in [0.1, 0.15) is 35.1 Å². The summed E-state index contributed by atoms with van der Waals surface area (Å²) in [6, 6.07) is 14.7. The highest BCUT2D eigenvalue weighted by molar-refractivity contribution is 7.18. The maximum absolute atomic E-state index is 12.2. The Morgan fingerprint density at radius 2 is 1.81 bits per heavy atom. The first kappa shape index (κ1) is 18.1. The van der Waals surface area contributed by atoms with E-state index in [9.17, 15) is 9.59 Å². The van der Waals surface area contributed by atoms with Crippen molar-refractivity contribution >= 4 is 33.3 Å². The van der Waals surface area contributed by atoms with Crippen LogP contribution in [0.15, 0.2) is 48.5 Å². The van der Waals surface area contributed by atoms with E-state index >= 15 is 0 Å². The molecule has 0 saturated carbocycles. The molecule has 0 N–H and O–H groups in total. The van der Waals surface area contributed by atoms with E-state index in [0.29, 0.717) is 12.2 Å². The zero-order valence-electron chi connectivity index (χ0n) is 14.4. The fourth-order valence-corrected chi connectivity index (χ4v) is 3.34. The van der Waals surface area contributed by atoms with Crippen LogP contribution in [0.4, 0.5) is 0 Å². The van der Waals surface area contributed by atoms with Gasteiger partial charge in [0.25, 0.3) is 0 Å². The normalized spacial score (nSPS) is 10.7. The Morgan fingerprint density at radius 3 is 2.54 bits per heavy atom. The minimum absolute atomic E-state index is 0.0525. The number of aromatic nitrogens is 1. The molecule has 0 bridgehead atoms. The fourth-order valence-electron chi connectivity index (χ4n) is 2.46. The molecule has 0 unspecified atom stereocenters. The fraction of sp³-hybridized carbons (Fsp3) is 0.250. The average molecular weight is 369 g/mol. The SMILES string of the molecule is CCOc1ccc(C(=O)CCC(=O)OCc2nc3ccccc3s2)cc1. The van der Waals surface area contributed by atoms with Crippen LogP contribution in [-0.4, -0.2) is 23.3 Å². The highest BCUT2D eigenvalue weighted by Crippen LogP contribution is 2.22. The third kappa shape index (κ3) is 4.67. The van der Waals surface area contributed by atoms with Gasteiger partial charge in [-0.05, 0) is 43.3 Å². The van der Waals surface area contributed by atoms with E-state index < -0.39 is 5.97 Å². The molecule has 0 aliphatic heterocycles. The second kappa shape index (κ2) is 8.58. The second-order valence-electron chi connectivity index (χ2n) is 5.62. The van der Waals surface area contributed by atoms with Crippen LogP contribution >= 0.6 is 11.3 Å². The molecule has 5 nitrogen and oxygen atoms in total. The van der Waals surface area contributed by atoms with Crippen molar-refractivity contribution in [1.82, 2.24) is 4.98 Å². The number of nitrogens with zero attached hydrogens (tertiary/aromatic N) is 1. The van der Waals surface area contributed by atoms with Crippen molar-refractivity contribution in [1.29, 1.82) is 0 Å². The van der Waals surface area contributed by atoms with Gasteiger partial charge in [-0.25, -0.2) is 4.98 Å². The number of ether oxygens (including phenoxy) is 2. The molecule has 0 saturated heterocycles. The number of carbonyl (C=O) groups excluding carboxylic acids is 2. The van der Waals surface area contributed by atoms with Crippen molar-refractivity contribution in [3.05, 3.63) is 59.1 Å². The van der Waals surface area contributed by atoms with E-state index in [-0.39, 0.29) is 25.2 Å². The quantitative estimate of drug-likeness (QED) is 0.435. The number of hydrogen-bond acceptors (Lipinski definition) is 6. The highest BCUT2D eigenvalue weighted by Gasteiger charge is 2.12. The van der Waals surface area contributed by atoms with E-state index in [1.54, 1.807) is 24.3 Å². The number of fused-ring (bicyclic) bond motifs is 1. The van der Waals surface area contributed by atoms with Gasteiger partial charge in [0.1, 0.15) is 17.4 Å². The van der Waals surface area contributed by atoms with Crippen LogP contribution in [0.3, 0.4) is 0 Å². The summed E-state index contributed by atoms with van der Waals surface area (Å²) in [5.41, 5.74) is 1.46. The van der Waals surface area contributed by atoms with Gasteiger partial charge in [-0.1, -0.05) is 12.1 Å². The van der Waals surface area contributed by atoms with Gasteiger partial charge >= 0.3 is 5.97 Å². The minimum atomic E-state index is -0.399. The Hall–Kier alpha value is -2.73. The van der Waals surface area contributed by atoms with Gasteiger partial charge in [-0.3, -0.25) is 9.59 Å². The number of para-hydroxylation sites is 1. The van der Waals surface area contributed by atoms with Crippen LogP contribution < -0.4 is 4.74 Å². The summed E-state index contributed by atoms with van der Waals surface area (Å²) < 4.78 is 11.6. The first-order valence-electron chi connectivity index (χ1n) is 8.42. The number of thiazole rings is 1. The molecule has 0 spiro atoms. The Balaban J connectivity index is 1.46. The highest BCUT2D eigenvalue weighted by atomic mass is 32.1. The Morgan fingerprint density at radius 1 is 1.04 bits per heavy atom. The third-order valence-electron chi connectivity index (χ3n) is 3.74. The first-order valence-corrected chi connectivity index (χ1v) is 9.23. The maximum atomic E-state index is 12.2. The molecule has 6 heteroatoms. The standard InChI is InChI=1S/C20H19NO4S/c1-2-24-15-9-7-14(8-10-15)17(22)11-12-20(23)25-13-19-21-16-5-3-4-6-18(16)26-19/h3-10H,2,11-13H2,1H3. The van der Waals surface area contributed by atoms with Crippen molar-refractivity contribution in [2.75, 3.05) is 6.61 Å². The lowest BCUT2D eigenvalue weighted by atomic mass is 10.1. The maximum Gasteiger partial charge on any atom is 0.306 e. The minimum Gasteiger partial charge on any atom is -0.494 e. The number of carbonyl (C=O) groups is 2. The van der Waals surface area contributed by atoms with Gasteiger partial charge in [0.2, 0.25) is 0 Å². The van der Waals surface area contributed by atoms with Gasteiger partial charge in [0.15, 0.2) is 5.78 Å². The number of rotatable bonds is 8. The lowest BCUT2D eigenvalue weighted by Gasteiger charge is -2.05. The Bertz CT molecular complexity index is 869. The van der Waals surface area contributed by atoms with Crippen molar-refractivity contribution in [3.8, 4) is 5.75 Å². The van der Waals surface area contributed by atoms with E-state index in [4.69, 9.17) is 9.47 Å². The monoisotopic (exact) mass is 369 g/mol. The molecule has 26 heavy (non-hydrogen) atoms. The molecule has 0 aliphatic carbocycles. The third-order valence-corrected chi connectivity index (χ3v) is 4.75. The zero-order chi connectivity index (χ0) is 18.4. The van der Waals surface area contributed by atoms with Crippen molar-refractivity contribution in [2.24, 2.45) is 0 Å². The average Bonchev–Trinajstić information content (AvgIpc) is 3.08. The lowest BCUT2D eigenvalue weighted by molar-refractivity contribution is -0.144. The van der Waals surface area contributed by atoms with E-state index in [1.807, 2.05) is 31.2 Å². The smallest absolute Gasteiger partial charge is 0.306 e. The van der Waals surface area contributed by atoms with Gasteiger partial charge in [-0.2, -0.15) is 0 Å². The van der Waals surface area contributed by atoms with Crippen LogP contribution in [0, 0.1) is 0 Å². The van der Waals surface area contributed by atoms with E-state index in [1.165, 1.54) is 11.3 Å². The van der Waals surface area contributed by atoms with Gasteiger partial charge in [0.05, 0.1) is 23.2 Å². The molecule has 3 aromatic rings. The van der Waals surface area contributed by atoms with Crippen molar-refractivity contribution < 1.29 is 19.1 Å². The summed E-state index contributed by atoms with van der Waals surface area (Å²) in [4.78, 5) is 28.5. The largest absolute Gasteiger partial charge is 0.494 e. The molecule has 0 aliphatic rings. The van der Waals surface area contributed by atoms with Crippen LogP contribution in [0.25, 0.3) is 10.2 Å². The van der Waals surface area contributed by atoms with E-state index in [0.717, 1.165) is 21.0 Å². The Labute approximate surface area is 155 Å². The second-order valence-corrected chi connectivity index (χ2v) is 6.73. The number of benzene rings is 2. The molecule has 0 atom stereocenters. The number of Topliss-reactive ketones (excluding diaryl/α,β-unsaturated/α-hetero) is 1. The summed E-state index contributed by atoms with van der Waals surface area (Å²) in [6.07, 6.45) is 0.170. The summed E-state index contributed by atoms with van der Waals surface area (Å²) in [5.74, 6) is 0.229.